The van der Waals surface area contributed by atoms with Crippen molar-refractivity contribution >= 4 is 5.82 Å². The molecule has 3 heteroatoms. The van der Waals surface area contributed by atoms with Crippen LogP contribution in [0, 0.1) is 18.8 Å². The van der Waals surface area contributed by atoms with Gasteiger partial charge in [0.15, 0.2) is 0 Å². The van der Waals surface area contributed by atoms with Gasteiger partial charge in [-0.15, -0.1) is 0 Å². The second-order valence-electron chi connectivity index (χ2n) is 4.85. The first-order valence-electron chi connectivity index (χ1n) is 6.09. The van der Waals surface area contributed by atoms with E-state index in [-0.39, 0.29) is 0 Å². The molecule has 2 rings (SSSR count). The largest absolute Gasteiger partial charge is 0.356 e. The van der Waals surface area contributed by atoms with Crippen molar-refractivity contribution in [1.82, 2.24) is 4.98 Å². The van der Waals surface area contributed by atoms with Crippen molar-refractivity contribution in [2.45, 2.75) is 20.3 Å². The fourth-order valence-electron chi connectivity index (χ4n) is 2.46. The van der Waals surface area contributed by atoms with Crippen LogP contribution in [0.4, 0.5) is 5.82 Å². The van der Waals surface area contributed by atoms with Crippen LogP contribution in [-0.2, 0) is 0 Å². The summed E-state index contributed by atoms with van der Waals surface area (Å²) in [5.41, 5.74) is 7.08. The predicted molar refractivity (Wildman–Crippen MR) is 67.5 cm³/mol. The van der Waals surface area contributed by atoms with Crippen LogP contribution in [-0.4, -0.2) is 24.6 Å². The average molecular weight is 219 g/mol. The number of nitrogens with zero attached hydrogens (tertiary/aromatic N) is 2. The van der Waals surface area contributed by atoms with Crippen molar-refractivity contribution in [2.24, 2.45) is 17.6 Å². The lowest BCUT2D eigenvalue weighted by Gasteiger charge is -2.37. The molecule has 16 heavy (non-hydrogen) atoms. The molecular weight excluding hydrogens is 198 g/mol. The Morgan fingerprint density at radius 1 is 1.56 bits per heavy atom. The molecule has 1 aliphatic rings. The average Bonchev–Trinajstić information content (AvgIpc) is 2.31. The molecule has 2 atom stereocenters. The minimum atomic E-state index is 0.607. The molecule has 1 fully saturated rings. The summed E-state index contributed by atoms with van der Waals surface area (Å²) in [5.74, 6) is 2.48. The molecular formula is C13H21N3. The van der Waals surface area contributed by atoms with Crippen LogP contribution < -0.4 is 10.6 Å². The maximum atomic E-state index is 5.82. The van der Waals surface area contributed by atoms with Gasteiger partial charge < -0.3 is 10.6 Å². The minimum absolute atomic E-state index is 0.607. The Balaban J connectivity index is 2.14. The minimum Gasteiger partial charge on any atom is -0.356 e. The van der Waals surface area contributed by atoms with E-state index in [1.165, 1.54) is 12.0 Å². The Morgan fingerprint density at radius 2 is 2.38 bits per heavy atom. The first-order valence-corrected chi connectivity index (χ1v) is 6.09. The van der Waals surface area contributed by atoms with Crippen molar-refractivity contribution in [3.63, 3.8) is 0 Å². The molecule has 3 nitrogen and oxygen atoms in total. The Kier molecular flexibility index (Phi) is 3.44. The van der Waals surface area contributed by atoms with E-state index in [1.54, 1.807) is 0 Å². The van der Waals surface area contributed by atoms with Gasteiger partial charge in [0.25, 0.3) is 0 Å². The van der Waals surface area contributed by atoms with Crippen LogP contribution >= 0.6 is 0 Å². The van der Waals surface area contributed by atoms with Crippen molar-refractivity contribution in [1.29, 1.82) is 0 Å². The van der Waals surface area contributed by atoms with Gasteiger partial charge in [-0.3, -0.25) is 0 Å². The summed E-state index contributed by atoms with van der Waals surface area (Å²) < 4.78 is 0. The van der Waals surface area contributed by atoms with Crippen LogP contribution in [0.2, 0.25) is 0 Å². The number of hydrogen-bond acceptors (Lipinski definition) is 3. The number of aryl methyl sites for hydroxylation is 1. The van der Waals surface area contributed by atoms with Crippen molar-refractivity contribution in [2.75, 3.05) is 24.5 Å². The third-order valence-electron chi connectivity index (χ3n) is 3.70. The topological polar surface area (TPSA) is 42.2 Å². The summed E-state index contributed by atoms with van der Waals surface area (Å²) in [5, 5.41) is 0. The smallest absolute Gasteiger partial charge is 0.131 e. The van der Waals surface area contributed by atoms with Crippen LogP contribution in [0.1, 0.15) is 18.9 Å². The Morgan fingerprint density at radius 3 is 3.06 bits per heavy atom. The second-order valence-corrected chi connectivity index (χ2v) is 4.85. The molecule has 0 amide bonds. The molecule has 0 aromatic carbocycles. The number of hydrogen-bond donors (Lipinski definition) is 1. The highest BCUT2D eigenvalue weighted by atomic mass is 15.2. The first-order chi connectivity index (χ1) is 7.72. The Bertz CT molecular complexity index is 351. The van der Waals surface area contributed by atoms with Crippen molar-refractivity contribution in [3.8, 4) is 0 Å². The van der Waals surface area contributed by atoms with Crippen molar-refractivity contribution < 1.29 is 0 Å². The molecule has 0 spiro atoms. The number of rotatable bonds is 2. The van der Waals surface area contributed by atoms with Crippen molar-refractivity contribution in [3.05, 3.63) is 23.9 Å². The number of aromatic nitrogens is 1. The molecule has 1 aromatic heterocycles. The number of anilines is 1. The van der Waals surface area contributed by atoms with E-state index < -0.39 is 0 Å². The van der Waals surface area contributed by atoms with E-state index in [1.807, 2.05) is 12.3 Å². The van der Waals surface area contributed by atoms with E-state index in [0.717, 1.165) is 31.4 Å². The van der Waals surface area contributed by atoms with E-state index in [4.69, 9.17) is 5.73 Å². The molecule has 0 radical (unpaired) electrons. The monoisotopic (exact) mass is 219 g/mol. The molecule has 0 saturated carbocycles. The molecule has 1 aliphatic heterocycles. The summed E-state index contributed by atoms with van der Waals surface area (Å²) in [6.07, 6.45) is 3.09. The first kappa shape index (κ1) is 11.4. The molecule has 1 aromatic rings. The van der Waals surface area contributed by atoms with E-state index in [0.29, 0.717) is 5.92 Å². The van der Waals surface area contributed by atoms with Crippen LogP contribution in [0.25, 0.3) is 0 Å². The lowest BCUT2D eigenvalue weighted by Crippen LogP contribution is -2.43. The Hall–Kier alpha value is -1.09. The van der Waals surface area contributed by atoms with Gasteiger partial charge in [0.2, 0.25) is 0 Å². The summed E-state index contributed by atoms with van der Waals surface area (Å²) in [6.45, 7) is 7.37. The maximum Gasteiger partial charge on any atom is 0.131 e. The predicted octanol–water partition coefficient (Wildman–Crippen LogP) is 1.81. The maximum absolute atomic E-state index is 5.82. The SMILES string of the molecule is Cc1cccnc1N1CCC(C)C(CN)C1. The lowest BCUT2D eigenvalue weighted by molar-refractivity contribution is 0.306. The summed E-state index contributed by atoms with van der Waals surface area (Å²) in [4.78, 5) is 6.86. The molecule has 2 heterocycles. The van der Waals surface area contributed by atoms with Gasteiger partial charge in [0.1, 0.15) is 5.82 Å². The highest BCUT2D eigenvalue weighted by molar-refractivity contribution is 5.46. The zero-order chi connectivity index (χ0) is 11.5. The number of piperidine rings is 1. The molecule has 1 saturated heterocycles. The Labute approximate surface area is 97.7 Å². The van der Waals surface area contributed by atoms with Gasteiger partial charge in [0.05, 0.1) is 0 Å². The third kappa shape index (κ3) is 2.19. The van der Waals surface area contributed by atoms with Gasteiger partial charge in [0, 0.05) is 19.3 Å². The zero-order valence-corrected chi connectivity index (χ0v) is 10.2. The second kappa shape index (κ2) is 4.83. The normalized spacial score (nSPS) is 25.8. The van der Waals surface area contributed by atoms with Gasteiger partial charge in [-0.2, -0.15) is 0 Å². The number of pyridine rings is 1. The van der Waals surface area contributed by atoms with Crippen LogP contribution in [0.5, 0.6) is 0 Å². The van der Waals surface area contributed by atoms with Gasteiger partial charge in [-0.25, -0.2) is 4.98 Å². The highest BCUT2D eigenvalue weighted by Crippen LogP contribution is 2.27. The molecule has 0 aliphatic carbocycles. The molecule has 88 valence electrons. The van der Waals surface area contributed by atoms with E-state index >= 15 is 0 Å². The fourth-order valence-corrected chi connectivity index (χ4v) is 2.46. The van der Waals surface area contributed by atoms with Gasteiger partial charge in [-0.1, -0.05) is 13.0 Å². The lowest BCUT2D eigenvalue weighted by atomic mass is 9.87. The molecule has 2 unspecified atom stereocenters. The summed E-state index contributed by atoms with van der Waals surface area (Å²) in [6, 6.07) is 4.11. The van der Waals surface area contributed by atoms with Crippen LogP contribution in [0.3, 0.4) is 0 Å². The third-order valence-corrected chi connectivity index (χ3v) is 3.70. The quantitative estimate of drug-likeness (QED) is 0.825. The fraction of sp³-hybridized carbons (Fsp3) is 0.615. The zero-order valence-electron chi connectivity index (χ0n) is 10.2. The van der Waals surface area contributed by atoms with Gasteiger partial charge in [-0.05, 0) is 43.4 Å². The van der Waals surface area contributed by atoms with E-state index in [9.17, 15) is 0 Å². The highest BCUT2D eigenvalue weighted by Gasteiger charge is 2.26. The summed E-state index contributed by atoms with van der Waals surface area (Å²) >= 11 is 0. The molecule has 2 N–H and O–H groups in total. The standard InChI is InChI=1S/C13H21N3/c1-10-5-7-16(9-12(10)8-14)13-11(2)4-3-6-15-13/h3-4,6,10,12H,5,7-9,14H2,1-2H3. The number of nitrogens with two attached hydrogens (primary N) is 1. The molecule has 0 bridgehead atoms. The van der Waals surface area contributed by atoms with E-state index in [2.05, 4.69) is 29.8 Å². The van der Waals surface area contributed by atoms with Gasteiger partial charge >= 0.3 is 0 Å². The van der Waals surface area contributed by atoms with Crippen LogP contribution in [0.15, 0.2) is 18.3 Å². The summed E-state index contributed by atoms with van der Waals surface area (Å²) in [7, 11) is 0.